The molecule has 3 nitrogen and oxygen atoms in total. The Morgan fingerprint density at radius 1 is 0.955 bits per heavy atom. The van der Waals surface area contributed by atoms with E-state index in [0.29, 0.717) is 17.8 Å². The Kier molecular flexibility index (Phi) is 3.28. The van der Waals surface area contributed by atoms with Crippen molar-refractivity contribution in [1.29, 1.82) is 0 Å². The average Bonchev–Trinajstić information content (AvgIpc) is 3.08. The van der Waals surface area contributed by atoms with Crippen LogP contribution in [0.15, 0.2) is 63.8 Å². The van der Waals surface area contributed by atoms with Crippen molar-refractivity contribution in [2.24, 2.45) is 0 Å². The van der Waals surface area contributed by atoms with E-state index in [1.807, 2.05) is 54.6 Å². The van der Waals surface area contributed by atoms with Crippen LogP contribution in [0.4, 0.5) is 0 Å². The van der Waals surface area contributed by atoms with Crippen LogP contribution in [0.3, 0.4) is 0 Å². The number of rotatable bonds is 2. The van der Waals surface area contributed by atoms with Gasteiger partial charge in [-0.3, -0.25) is 0 Å². The number of hydrogen-bond acceptors (Lipinski definition) is 3. The third-order valence-electron chi connectivity index (χ3n) is 4.16. The van der Waals surface area contributed by atoms with E-state index in [1.54, 1.807) is 0 Å². The molecule has 1 saturated heterocycles. The largest absolute Gasteiger partial charge is 0.422 e. The van der Waals surface area contributed by atoms with E-state index >= 15 is 0 Å². The topological polar surface area (TPSA) is 39.4 Å². The molecule has 1 atom stereocenters. The summed E-state index contributed by atoms with van der Waals surface area (Å²) >= 11 is 0. The number of para-hydroxylation sites is 1. The summed E-state index contributed by atoms with van der Waals surface area (Å²) in [5.74, 6) is 0. The lowest BCUT2D eigenvalue weighted by Crippen LogP contribution is -2.14. The number of hydrogen-bond donors (Lipinski definition) is 0. The van der Waals surface area contributed by atoms with Crippen LogP contribution in [-0.2, 0) is 4.74 Å². The molecule has 0 aliphatic carbocycles. The summed E-state index contributed by atoms with van der Waals surface area (Å²) in [4.78, 5) is 12.6. The van der Waals surface area contributed by atoms with Crippen LogP contribution in [-0.4, -0.2) is 6.61 Å². The first-order valence-electron chi connectivity index (χ1n) is 7.57. The van der Waals surface area contributed by atoms with E-state index in [4.69, 9.17) is 9.15 Å². The Morgan fingerprint density at radius 3 is 2.50 bits per heavy atom. The van der Waals surface area contributed by atoms with Crippen LogP contribution < -0.4 is 5.63 Å². The highest BCUT2D eigenvalue weighted by molar-refractivity contribution is 5.95. The third kappa shape index (κ3) is 2.14. The van der Waals surface area contributed by atoms with Gasteiger partial charge in [0.2, 0.25) is 0 Å². The molecule has 0 radical (unpaired) electrons. The van der Waals surface area contributed by atoms with Gasteiger partial charge in [0.25, 0.3) is 0 Å². The van der Waals surface area contributed by atoms with Crippen LogP contribution in [0.2, 0.25) is 0 Å². The molecule has 22 heavy (non-hydrogen) atoms. The minimum absolute atomic E-state index is 0.170. The maximum absolute atomic E-state index is 12.6. The van der Waals surface area contributed by atoms with E-state index in [2.05, 4.69) is 0 Å². The summed E-state index contributed by atoms with van der Waals surface area (Å²) < 4.78 is 11.3. The molecule has 2 heterocycles. The molecule has 1 unspecified atom stereocenters. The van der Waals surface area contributed by atoms with Crippen LogP contribution >= 0.6 is 0 Å². The highest BCUT2D eigenvalue weighted by Gasteiger charge is 2.27. The minimum atomic E-state index is -0.288. The number of benzene rings is 2. The van der Waals surface area contributed by atoms with Crippen LogP contribution in [0.1, 0.15) is 24.5 Å². The van der Waals surface area contributed by atoms with Gasteiger partial charge in [-0.1, -0.05) is 48.5 Å². The van der Waals surface area contributed by atoms with Gasteiger partial charge < -0.3 is 9.15 Å². The standard InChI is InChI=1S/C19H16O3/c20-19-18(16-11-6-12-21-16)17(13-7-2-1-3-8-13)14-9-4-5-10-15(14)22-19/h1-5,7-10,16H,6,11-12H2. The fourth-order valence-corrected chi connectivity index (χ4v) is 3.18. The van der Waals surface area contributed by atoms with Gasteiger partial charge >= 0.3 is 5.63 Å². The Morgan fingerprint density at radius 2 is 1.73 bits per heavy atom. The molecule has 1 aliphatic rings. The van der Waals surface area contributed by atoms with Gasteiger partial charge in [0.1, 0.15) is 5.58 Å². The second-order valence-corrected chi connectivity index (χ2v) is 5.54. The molecular formula is C19H16O3. The highest BCUT2D eigenvalue weighted by Crippen LogP contribution is 2.37. The van der Waals surface area contributed by atoms with Gasteiger partial charge in [-0.15, -0.1) is 0 Å². The van der Waals surface area contributed by atoms with Gasteiger partial charge in [0, 0.05) is 17.6 Å². The molecule has 0 saturated carbocycles. The van der Waals surface area contributed by atoms with E-state index in [9.17, 15) is 4.79 Å². The molecule has 4 rings (SSSR count). The highest BCUT2D eigenvalue weighted by atomic mass is 16.5. The van der Waals surface area contributed by atoms with Crippen molar-refractivity contribution in [3.63, 3.8) is 0 Å². The van der Waals surface area contributed by atoms with Crippen LogP contribution in [0.5, 0.6) is 0 Å². The molecule has 0 N–H and O–H groups in total. The monoisotopic (exact) mass is 292 g/mol. The summed E-state index contributed by atoms with van der Waals surface area (Å²) in [5, 5.41) is 0.957. The van der Waals surface area contributed by atoms with Gasteiger partial charge in [-0.25, -0.2) is 4.79 Å². The van der Waals surface area contributed by atoms with E-state index in [0.717, 1.165) is 29.4 Å². The zero-order chi connectivity index (χ0) is 14.9. The lowest BCUT2D eigenvalue weighted by molar-refractivity contribution is 0.110. The van der Waals surface area contributed by atoms with Crippen molar-refractivity contribution in [3.05, 3.63) is 70.6 Å². The quantitative estimate of drug-likeness (QED) is 0.661. The Bertz CT molecular complexity index is 859. The molecule has 110 valence electrons. The zero-order valence-corrected chi connectivity index (χ0v) is 12.1. The number of fused-ring (bicyclic) bond motifs is 1. The second-order valence-electron chi connectivity index (χ2n) is 5.54. The van der Waals surface area contributed by atoms with Crippen molar-refractivity contribution >= 4 is 11.0 Å². The van der Waals surface area contributed by atoms with Gasteiger partial charge in [-0.2, -0.15) is 0 Å². The SMILES string of the molecule is O=c1oc2ccccc2c(-c2ccccc2)c1C1CCCO1. The molecular weight excluding hydrogens is 276 g/mol. The molecule has 0 amide bonds. The van der Waals surface area contributed by atoms with Crippen molar-refractivity contribution < 1.29 is 9.15 Å². The molecule has 0 spiro atoms. The predicted octanol–water partition coefficient (Wildman–Crippen LogP) is 4.31. The Labute approximate surface area is 128 Å². The van der Waals surface area contributed by atoms with E-state index in [-0.39, 0.29) is 11.7 Å². The lowest BCUT2D eigenvalue weighted by atomic mass is 9.93. The molecule has 3 aromatic rings. The lowest BCUT2D eigenvalue weighted by Gasteiger charge is -2.16. The summed E-state index contributed by atoms with van der Waals surface area (Å²) in [6, 6.07) is 17.7. The first-order chi connectivity index (χ1) is 10.8. The fourth-order valence-electron chi connectivity index (χ4n) is 3.18. The minimum Gasteiger partial charge on any atom is -0.422 e. The summed E-state index contributed by atoms with van der Waals surface area (Å²) in [6.45, 7) is 0.700. The first-order valence-corrected chi connectivity index (χ1v) is 7.57. The van der Waals surface area contributed by atoms with Crippen molar-refractivity contribution in [2.45, 2.75) is 18.9 Å². The van der Waals surface area contributed by atoms with Crippen molar-refractivity contribution in [2.75, 3.05) is 6.61 Å². The summed E-state index contributed by atoms with van der Waals surface area (Å²) in [5.41, 5.74) is 2.96. The number of ether oxygens (including phenoxy) is 1. The molecule has 1 aromatic heterocycles. The molecule has 1 fully saturated rings. The van der Waals surface area contributed by atoms with Crippen molar-refractivity contribution in [3.8, 4) is 11.1 Å². The van der Waals surface area contributed by atoms with Gasteiger partial charge in [-0.05, 0) is 24.5 Å². The molecule has 3 heteroatoms. The first kappa shape index (κ1) is 13.3. The second kappa shape index (κ2) is 5.43. The zero-order valence-electron chi connectivity index (χ0n) is 12.1. The van der Waals surface area contributed by atoms with Crippen molar-refractivity contribution in [1.82, 2.24) is 0 Å². The van der Waals surface area contributed by atoms with Crippen LogP contribution in [0.25, 0.3) is 22.1 Å². The third-order valence-corrected chi connectivity index (χ3v) is 4.16. The van der Waals surface area contributed by atoms with E-state index in [1.165, 1.54) is 0 Å². The Hall–Kier alpha value is -2.39. The molecule has 0 bridgehead atoms. The normalized spacial score (nSPS) is 17.9. The summed E-state index contributed by atoms with van der Waals surface area (Å²) in [6.07, 6.45) is 1.67. The Balaban J connectivity index is 2.09. The maximum atomic E-state index is 12.6. The van der Waals surface area contributed by atoms with E-state index < -0.39 is 0 Å². The smallest absolute Gasteiger partial charge is 0.342 e. The summed E-state index contributed by atoms with van der Waals surface area (Å²) in [7, 11) is 0. The molecule has 1 aliphatic heterocycles. The maximum Gasteiger partial charge on any atom is 0.342 e. The van der Waals surface area contributed by atoms with Gasteiger partial charge in [0.05, 0.1) is 11.7 Å². The molecule has 2 aromatic carbocycles. The predicted molar refractivity (Wildman–Crippen MR) is 85.8 cm³/mol. The average molecular weight is 292 g/mol. The van der Waals surface area contributed by atoms with Crippen LogP contribution in [0, 0.1) is 0 Å². The van der Waals surface area contributed by atoms with Gasteiger partial charge in [0.15, 0.2) is 0 Å². The fraction of sp³-hybridized carbons (Fsp3) is 0.211.